The number of hydrogen-bond donors (Lipinski definition) is 0. The number of nitrogens with zero attached hydrogens (tertiary/aromatic N) is 1. The van der Waals surface area contributed by atoms with Crippen molar-refractivity contribution in [1.29, 1.82) is 0 Å². The highest BCUT2D eigenvalue weighted by Gasteiger charge is 2.03. The minimum absolute atomic E-state index is 0.810. The number of fused-ring (bicyclic) bond motifs is 1. The van der Waals surface area contributed by atoms with Gasteiger partial charge in [0.25, 0.3) is 0 Å². The average Bonchev–Trinajstić information content (AvgIpc) is 2.49. The predicted molar refractivity (Wildman–Crippen MR) is 54.0 cm³/mol. The Morgan fingerprint density at radius 3 is 3.00 bits per heavy atom. The summed E-state index contributed by atoms with van der Waals surface area (Å²) in [6.45, 7) is 2.10. The van der Waals surface area contributed by atoms with E-state index in [0.29, 0.717) is 0 Å². The molecule has 0 atom stereocenters. The van der Waals surface area contributed by atoms with E-state index in [9.17, 15) is 0 Å². The third kappa shape index (κ3) is 1.21. The molecule has 0 fully saturated rings. The highest BCUT2D eigenvalue weighted by molar-refractivity contribution is 7.19. The molecule has 1 nitrogen and oxygen atoms in total. The lowest BCUT2D eigenvalue weighted by Gasteiger charge is -1.87. The van der Waals surface area contributed by atoms with E-state index in [1.807, 2.05) is 18.2 Å². The van der Waals surface area contributed by atoms with Gasteiger partial charge >= 0.3 is 0 Å². The van der Waals surface area contributed by atoms with Crippen LogP contribution >= 0.6 is 22.9 Å². The molecule has 0 aliphatic rings. The zero-order valence-corrected chi connectivity index (χ0v) is 8.25. The largest absolute Gasteiger partial charge is 0.241 e. The van der Waals surface area contributed by atoms with Gasteiger partial charge in [0.1, 0.15) is 0 Å². The van der Waals surface area contributed by atoms with Crippen LogP contribution in [0.1, 0.15) is 11.9 Å². The summed E-state index contributed by atoms with van der Waals surface area (Å²) in [5, 5.41) is 1.96. The third-order valence-corrected chi connectivity index (χ3v) is 3.39. The lowest BCUT2D eigenvalue weighted by atomic mass is 10.3. The maximum atomic E-state index is 6.00. The molecular formula is C9H8ClNS. The van der Waals surface area contributed by atoms with Gasteiger partial charge in [-0.2, -0.15) is 0 Å². The maximum Gasteiger partial charge on any atom is 0.0936 e. The van der Waals surface area contributed by atoms with Gasteiger partial charge in [-0.3, -0.25) is 0 Å². The average molecular weight is 198 g/mol. The van der Waals surface area contributed by atoms with Crippen molar-refractivity contribution in [2.45, 2.75) is 13.3 Å². The van der Waals surface area contributed by atoms with E-state index in [0.717, 1.165) is 26.7 Å². The Kier molecular flexibility index (Phi) is 2.03. The number of hydrogen-bond acceptors (Lipinski definition) is 2. The van der Waals surface area contributed by atoms with Crippen LogP contribution in [0.15, 0.2) is 18.2 Å². The van der Waals surface area contributed by atoms with E-state index < -0.39 is 0 Å². The monoisotopic (exact) mass is 197 g/mol. The topological polar surface area (TPSA) is 12.9 Å². The van der Waals surface area contributed by atoms with Crippen molar-refractivity contribution < 1.29 is 0 Å². The summed E-state index contributed by atoms with van der Waals surface area (Å²) in [6, 6.07) is 5.84. The van der Waals surface area contributed by atoms with Crippen LogP contribution in [-0.4, -0.2) is 4.98 Å². The van der Waals surface area contributed by atoms with Gasteiger partial charge in [-0.25, -0.2) is 4.98 Å². The number of rotatable bonds is 1. The molecule has 0 N–H and O–H groups in total. The normalized spacial score (nSPS) is 10.8. The van der Waals surface area contributed by atoms with Crippen LogP contribution in [0.4, 0.5) is 0 Å². The first-order valence-corrected chi connectivity index (χ1v) is 5.04. The Balaban J connectivity index is 2.74. The van der Waals surface area contributed by atoms with E-state index in [2.05, 4.69) is 11.9 Å². The molecule has 0 amide bonds. The van der Waals surface area contributed by atoms with Gasteiger partial charge in [0.05, 0.1) is 20.2 Å². The minimum Gasteiger partial charge on any atom is -0.241 e. The number of aromatic nitrogens is 1. The number of benzene rings is 1. The molecule has 62 valence electrons. The molecule has 12 heavy (non-hydrogen) atoms. The van der Waals surface area contributed by atoms with Crippen molar-refractivity contribution in [1.82, 2.24) is 4.98 Å². The summed E-state index contributed by atoms with van der Waals surface area (Å²) >= 11 is 7.68. The summed E-state index contributed by atoms with van der Waals surface area (Å²) in [7, 11) is 0. The fourth-order valence-electron chi connectivity index (χ4n) is 1.11. The number of thiazole rings is 1. The van der Waals surface area contributed by atoms with E-state index in [-0.39, 0.29) is 0 Å². The van der Waals surface area contributed by atoms with Crippen LogP contribution in [0.2, 0.25) is 5.02 Å². The van der Waals surface area contributed by atoms with Gasteiger partial charge in [-0.1, -0.05) is 24.6 Å². The molecule has 1 aromatic heterocycles. The fraction of sp³-hybridized carbons (Fsp3) is 0.222. The second-order valence-corrected chi connectivity index (χ2v) is 4.04. The Labute approximate surface area is 80.0 Å². The van der Waals surface area contributed by atoms with Gasteiger partial charge in [0.15, 0.2) is 0 Å². The van der Waals surface area contributed by atoms with Crippen molar-refractivity contribution in [3.8, 4) is 0 Å². The molecule has 2 rings (SSSR count). The Bertz CT molecular complexity index is 408. The van der Waals surface area contributed by atoms with Crippen LogP contribution < -0.4 is 0 Å². The smallest absolute Gasteiger partial charge is 0.0936 e. The molecule has 1 heterocycles. The molecular weight excluding hydrogens is 190 g/mol. The van der Waals surface area contributed by atoms with E-state index in [1.165, 1.54) is 0 Å². The summed E-state index contributed by atoms with van der Waals surface area (Å²) in [5.41, 5.74) is 1.02. The molecule has 3 heteroatoms. The molecule has 0 bridgehead atoms. The van der Waals surface area contributed by atoms with E-state index in [1.54, 1.807) is 11.3 Å². The summed E-state index contributed by atoms with van der Waals surface area (Å²) in [4.78, 5) is 4.43. The zero-order chi connectivity index (χ0) is 8.55. The molecule has 0 spiro atoms. The molecule has 0 radical (unpaired) electrons. The SMILES string of the molecule is CCc1nc2cccc(Cl)c2s1. The lowest BCUT2D eigenvalue weighted by molar-refractivity contribution is 1.11. The summed E-state index contributed by atoms with van der Waals surface area (Å²) in [6.07, 6.45) is 0.982. The van der Waals surface area contributed by atoms with E-state index in [4.69, 9.17) is 11.6 Å². The van der Waals surface area contributed by atoms with Crippen LogP contribution in [0.25, 0.3) is 10.2 Å². The first kappa shape index (κ1) is 8.02. The van der Waals surface area contributed by atoms with Crippen molar-refractivity contribution >= 4 is 33.2 Å². The molecule has 2 aromatic rings. The first-order valence-electron chi connectivity index (χ1n) is 3.85. The van der Waals surface area contributed by atoms with Crippen molar-refractivity contribution in [3.05, 3.63) is 28.2 Å². The van der Waals surface area contributed by atoms with Crippen LogP contribution in [0, 0.1) is 0 Å². The van der Waals surface area contributed by atoms with Gasteiger partial charge in [0, 0.05) is 0 Å². The molecule has 0 aliphatic carbocycles. The Hall–Kier alpha value is -0.600. The Morgan fingerprint density at radius 2 is 2.33 bits per heavy atom. The third-order valence-electron chi connectivity index (χ3n) is 1.71. The molecule has 0 unspecified atom stereocenters. The van der Waals surface area contributed by atoms with Crippen LogP contribution in [0.3, 0.4) is 0 Å². The summed E-state index contributed by atoms with van der Waals surface area (Å²) < 4.78 is 1.11. The van der Waals surface area contributed by atoms with Crippen molar-refractivity contribution in [2.75, 3.05) is 0 Å². The fourth-order valence-corrected chi connectivity index (χ4v) is 2.31. The highest BCUT2D eigenvalue weighted by Crippen LogP contribution is 2.28. The van der Waals surface area contributed by atoms with Crippen molar-refractivity contribution in [3.63, 3.8) is 0 Å². The first-order chi connectivity index (χ1) is 5.81. The number of aryl methyl sites for hydroxylation is 1. The molecule has 0 saturated heterocycles. The number of halogens is 1. The lowest BCUT2D eigenvalue weighted by Crippen LogP contribution is -1.73. The van der Waals surface area contributed by atoms with Gasteiger partial charge in [-0.15, -0.1) is 11.3 Å². The predicted octanol–water partition coefficient (Wildman–Crippen LogP) is 3.51. The van der Waals surface area contributed by atoms with Crippen molar-refractivity contribution in [2.24, 2.45) is 0 Å². The molecule has 0 saturated carbocycles. The van der Waals surface area contributed by atoms with Crippen LogP contribution in [0.5, 0.6) is 0 Å². The van der Waals surface area contributed by atoms with E-state index >= 15 is 0 Å². The standard InChI is InChI=1S/C9H8ClNS/c1-2-8-11-7-5-3-4-6(10)9(7)12-8/h3-5H,2H2,1H3. The highest BCUT2D eigenvalue weighted by atomic mass is 35.5. The van der Waals surface area contributed by atoms with Gasteiger partial charge in [-0.05, 0) is 18.6 Å². The minimum atomic E-state index is 0.810. The van der Waals surface area contributed by atoms with Gasteiger partial charge < -0.3 is 0 Å². The quantitative estimate of drug-likeness (QED) is 0.682. The van der Waals surface area contributed by atoms with Gasteiger partial charge in [0.2, 0.25) is 0 Å². The Morgan fingerprint density at radius 1 is 1.50 bits per heavy atom. The molecule has 1 aromatic carbocycles. The second-order valence-electron chi connectivity index (χ2n) is 2.55. The summed E-state index contributed by atoms with van der Waals surface area (Å²) in [5.74, 6) is 0. The second kappa shape index (κ2) is 3.04. The molecule has 0 aliphatic heterocycles. The maximum absolute atomic E-state index is 6.00. The van der Waals surface area contributed by atoms with Crippen LogP contribution in [-0.2, 0) is 6.42 Å². The zero-order valence-electron chi connectivity index (χ0n) is 6.67.